The first kappa shape index (κ1) is 29.6. The first-order chi connectivity index (χ1) is 22.6. The fourth-order valence-electron chi connectivity index (χ4n) is 6.80. The van der Waals surface area contributed by atoms with Gasteiger partial charge in [-0.15, -0.1) is 0 Å². The Balaban J connectivity index is 1.23. The van der Waals surface area contributed by atoms with Gasteiger partial charge < -0.3 is 19.6 Å². The molecule has 0 aliphatic carbocycles. The van der Waals surface area contributed by atoms with E-state index in [0.29, 0.717) is 12.0 Å². The van der Waals surface area contributed by atoms with E-state index in [9.17, 15) is 9.59 Å². The number of carbonyl (C=O) groups is 2. The largest absolute Gasteiger partial charge is 0.467 e. The molecule has 232 valence electrons. The summed E-state index contributed by atoms with van der Waals surface area (Å²) in [6, 6.07) is 32.7. The molecule has 3 atom stereocenters. The number of fused-ring (bicyclic) bond motifs is 4. The lowest BCUT2D eigenvalue weighted by Gasteiger charge is -2.31. The number of nitrogens with one attached hydrogen (secondary N) is 3. The molecule has 7 heteroatoms. The van der Waals surface area contributed by atoms with Crippen molar-refractivity contribution in [1.82, 2.24) is 20.2 Å². The molecule has 2 unspecified atom stereocenters. The van der Waals surface area contributed by atoms with Crippen LogP contribution >= 0.6 is 0 Å². The molecule has 46 heavy (non-hydrogen) atoms. The number of carbonyl (C=O) groups excluding carboxylic acids is 2. The molecule has 1 amide bonds. The van der Waals surface area contributed by atoms with Crippen LogP contribution in [0.15, 0.2) is 109 Å². The summed E-state index contributed by atoms with van der Waals surface area (Å²) in [5, 5.41) is 8.99. The number of amides is 1. The van der Waals surface area contributed by atoms with Crippen molar-refractivity contribution in [2.24, 2.45) is 0 Å². The molecule has 0 spiro atoms. The van der Waals surface area contributed by atoms with Gasteiger partial charge in [-0.2, -0.15) is 0 Å². The Bertz CT molecular complexity index is 2010. The minimum absolute atomic E-state index is 0.249. The number of methoxy groups -OCH3 is 1. The third kappa shape index (κ3) is 5.48. The highest BCUT2D eigenvalue weighted by Gasteiger charge is 2.37. The van der Waals surface area contributed by atoms with Crippen LogP contribution in [0.3, 0.4) is 0 Å². The summed E-state index contributed by atoms with van der Waals surface area (Å²) in [5.41, 5.74) is 8.31. The fourth-order valence-corrected chi connectivity index (χ4v) is 6.80. The summed E-state index contributed by atoms with van der Waals surface area (Å²) in [6.45, 7) is 3.13. The summed E-state index contributed by atoms with van der Waals surface area (Å²) >= 11 is 0. The van der Waals surface area contributed by atoms with Crippen molar-refractivity contribution in [1.29, 1.82) is 0 Å². The van der Waals surface area contributed by atoms with Crippen LogP contribution in [0.5, 0.6) is 0 Å². The summed E-state index contributed by atoms with van der Waals surface area (Å²) in [5.74, 6) is -0.766. The van der Waals surface area contributed by atoms with Crippen molar-refractivity contribution < 1.29 is 14.3 Å². The molecule has 3 heterocycles. The predicted molar refractivity (Wildman–Crippen MR) is 182 cm³/mol. The van der Waals surface area contributed by atoms with Crippen molar-refractivity contribution in [3.05, 3.63) is 132 Å². The molecule has 1 aliphatic heterocycles. The van der Waals surface area contributed by atoms with Crippen molar-refractivity contribution in [3.63, 3.8) is 0 Å². The number of ether oxygens (including phenoxy) is 1. The topological polar surface area (TPSA) is 88.2 Å². The Morgan fingerprint density at radius 2 is 1.59 bits per heavy atom. The van der Waals surface area contributed by atoms with Crippen LogP contribution in [0.25, 0.3) is 32.9 Å². The zero-order chi connectivity index (χ0) is 31.6. The van der Waals surface area contributed by atoms with E-state index in [1.165, 1.54) is 12.6 Å². The SMILES string of the molecule is CCCCn1cc([C@@H]2NC(C(=O)NC(C(=O)OC)c3ccc(-c4ccccc4)cc3)Cc3c2[nH]c2ccccc32)c2ccccc21. The average Bonchev–Trinajstić information content (AvgIpc) is 3.68. The highest BCUT2D eigenvalue weighted by Crippen LogP contribution is 2.38. The van der Waals surface area contributed by atoms with E-state index in [-0.39, 0.29) is 11.9 Å². The Kier molecular flexibility index (Phi) is 8.16. The van der Waals surface area contributed by atoms with Crippen LogP contribution in [0.1, 0.15) is 54.2 Å². The van der Waals surface area contributed by atoms with E-state index < -0.39 is 18.1 Å². The number of rotatable bonds is 9. The van der Waals surface area contributed by atoms with Gasteiger partial charge in [0, 0.05) is 45.8 Å². The summed E-state index contributed by atoms with van der Waals surface area (Å²) in [7, 11) is 1.35. The smallest absolute Gasteiger partial charge is 0.333 e. The number of benzene rings is 4. The van der Waals surface area contributed by atoms with Crippen LogP contribution in [0, 0.1) is 0 Å². The minimum Gasteiger partial charge on any atom is -0.467 e. The van der Waals surface area contributed by atoms with Gasteiger partial charge in [0.15, 0.2) is 6.04 Å². The second-order valence-corrected chi connectivity index (χ2v) is 12.0. The number of hydrogen-bond acceptors (Lipinski definition) is 4. The third-order valence-corrected chi connectivity index (χ3v) is 9.19. The van der Waals surface area contributed by atoms with Gasteiger partial charge >= 0.3 is 5.97 Å². The fraction of sp³-hybridized carbons (Fsp3) is 0.231. The average molecular weight is 611 g/mol. The number of para-hydroxylation sites is 2. The molecule has 0 saturated heterocycles. The Morgan fingerprint density at radius 3 is 2.35 bits per heavy atom. The molecule has 0 radical (unpaired) electrons. The number of aromatic nitrogens is 2. The van der Waals surface area contributed by atoms with Gasteiger partial charge in [-0.05, 0) is 47.2 Å². The lowest BCUT2D eigenvalue weighted by molar-refractivity contribution is -0.145. The molecule has 0 saturated carbocycles. The molecular weight excluding hydrogens is 572 g/mol. The molecule has 4 aromatic carbocycles. The Morgan fingerprint density at radius 1 is 0.891 bits per heavy atom. The highest BCUT2D eigenvalue weighted by atomic mass is 16.5. The van der Waals surface area contributed by atoms with E-state index in [1.807, 2.05) is 66.7 Å². The van der Waals surface area contributed by atoms with Crippen molar-refractivity contribution in [2.45, 2.75) is 50.9 Å². The van der Waals surface area contributed by atoms with Crippen molar-refractivity contribution >= 4 is 33.7 Å². The highest BCUT2D eigenvalue weighted by molar-refractivity contribution is 5.92. The molecule has 1 aliphatic rings. The van der Waals surface area contributed by atoms with Gasteiger partial charge in [0.05, 0.1) is 19.2 Å². The van der Waals surface area contributed by atoms with Gasteiger partial charge in [0.25, 0.3) is 0 Å². The predicted octanol–water partition coefficient (Wildman–Crippen LogP) is 7.22. The second-order valence-electron chi connectivity index (χ2n) is 12.0. The maximum atomic E-state index is 14.1. The quantitative estimate of drug-likeness (QED) is 0.151. The van der Waals surface area contributed by atoms with Gasteiger partial charge in [0.2, 0.25) is 5.91 Å². The zero-order valence-electron chi connectivity index (χ0n) is 26.1. The van der Waals surface area contributed by atoms with E-state index >= 15 is 0 Å². The minimum atomic E-state index is -0.942. The number of aromatic amines is 1. The maximum absolute atomic E-state index is 14.1. The van der Waals surface area contributed by atoms with Crippen LogP contribution < -0.4 is 10.6 Å². The Labute approximate surface area is 268 Å². The van der Waals surface area contributed by atoms with Gasteiger partial charge in [-0.1, -0.05) is 104 Å². The number of unbranched alkanes of at least 4 members (excludes halogenated alkanes) is 1. The van der Waals surface area contributed by atoms with Crippen LogP contribution in [0.4, 0.5) is 0 Å². The summed E-state index contributed by atoms with van der Waals surface area (Å²) < 4.78 is 7.49. The van der Waals surface area contributed by atoms with E-state index in [0.717, 1.165) is 63.6 Å². The van der Waals surface area contributed by atoms with Crippen molar-refractivity contribution in [3.8, 4) is 11.1 Å². The second kappa shape index (κ2) is 12.7. The molecule has 6 aromatic rings. The van der Waals surface area contributed by atoms with Gasteiger partial charge in [-0.3, -0.25) is 10.1 Å². The molecule has 7 nitrogen and oxygen atoms in total. The first-order valence-corrected chi connectivity index (χ1v) is 16.0. The van der Waals surface area contributed by atoms with E-state index in [1.54, 1.807) is 0 Å². The third-order valence-electron chi connectivity index (χ3n) is 9.19. The molecule has 2 aromatic heterocycles. The molecular formula is C39H38N4O3. The van der Waals surface area contributed by atoms with E-state index in [2.05, 4.69) is 69.7 Å². The van der Waals surface area contributed by atoms with Crippen molar-refractivity contribution in [2.75, 3.05) is 7.11 Å². The maximum Gasteiger partial charge on any atom is 0.333 e. The lowest BCUT2D eigenvalue weighted by Crippen LogP contribution is -2.51. The number of hydrogen-bond donors (Lipinski definition) is 3. The normalized spacial score (nSPS) is 16.7. The zero-order valence-corrected chi connectivity index (χ0v) is 26.1. The molecule has 0 fully saturated rings. The standard InChI is InChI=1S/C39H38N4O3/c1-3-4-22-43-24-31(29-15-9-11-17-34(29)43)37-36-30(28-14-8-10-16-32(28)40-36)23-33(41-37)38(44)42-35(39(45)46-2)27-20-18-26(19-21-27)25-12-6-5-7-13-25/h5-21,24,33,35,37,40-41H,3-4,22-23H2,1-2H3,(H,42,44)/t33?,35?,37-/m0/s1. The van der Waals surface area contributed by atoms with Gasteiger partial charge in [-0.25, -0.2) is 4.79 Å². The monoisotopic (exact) mass is 610 g/mol. The molecule has 3 N–H and O–H groups in total. The summed E-state index contributed by atoms with van der Waals surface area (Å²) in [6.07, 6.45) is 4.91. The molecule has 7 rings (SSSR count). The van der Waals surface area contributed by atoms with Gasteiger partial charge in [0.1, 0.15) is 0 Å². The molecule has 0 bridgehead atoms. The van der Waals surface area contributed by atoms with Crippen LogP contribution in [-0.2, 0) is 27.3 Å². The van der Waals surface area contributed by atoms with Crippen LogP contribution in [0.2, 0.25) is 0 Å². The Hall–Kier alpha value is -5.14. The number of H-pyrrole nitrogens is 1. The first-order valence-electron chi connectivity index (χ1n) is 16.0. The van der Waals surface area contributed by atoms with E-state index in [4.69, 9.17) is 4.74 Å². The number of esters is 1. The number of aryl methyl sites for hydroxylation is 1. The summed E-state index contributed by atoms with van der Waals surface area (Å²) in [4.78, 5) is 30.9. The lowest BCUT2D eigenvalue weighted by atomic mass is 9.89. The number of nitrogens with zero attached hydrogens (tertiary/aromatic N) is 1. The van der Waals surface area contributed by atoms with Crippen LogP contribution in [-0.4, -0.2) is 34.6 Å².